The van der Waals surface area contributed by atoms with Crippen LogP contribution in [0.15, 0.2) is 48.0 Å². The average Bonchev–Trinajstić information content (AvgIpc) is 3.46. The minimum atomic E-state index is -1.71. The van der Waals surface area contributed by atoms with Crippen LogP contribution in [-0.4, -0.2) is 72.3 Å². The largest absolute Gasteiger partial charge is 0.507 e. The Hall–Kier alpha value is -3.65. The predicted octanol–water partition coefficient (Wildman–Crippen LogP) is 3.68. The van der Waals surface area contributed by atoms with E-state index < -0.39 is 17.2 Å². The summed E-state index contributed by atoms with van der Waals surface area (Å²) in [5.41, 5.74) is 0.675. The Bertz CT molecular complexity index is 1330. The maximum absolute atomic E-state index is 14.5. The van der Waals surface area contributed by atoms with Crippen molar-refractivity contribution in [1.82, 2.24) is 9.80 Å². The number of carbonyl (C=O) groups excluding carboxylic acids is 3. The third kappa shape index (κ3) is 3.89. The van der Waals surface area contributed by atoms with Gasteiger partial charge in [-0.3, -0.25) is 14.4 Å². The molecule has 2 atom stereocenters. The highest BCUT2D eigenvalue weighted by Gasteiger charge is 2.66. The van der Waals surface area contributed by atoms with E-state index in [1.54, 1.807) is 29.2 Å². The van der Waals surface area contributed by atoms with Gasteiger partial charge in [0.2, 0.25) is 0 Å². The van der Waals surface area contributed by atoms with Crippen molar-refractivity contribution in [2.75, 3.05) is 38.6 Å². The zero-order valence-corrected chi connectivity index (χ0v) is 22.5. The zero-order valence-electron chi connectivity index (χ0n) is 22.5. The summed E-state index contributed by atoms with van der Waals surface area (Å²) >= 11 is 0. The van der Waals surface area contributed by atoms with E-state index >= 15 is 0 Å². The number of anilines is 1. The second-order valence-electron chi connectivity index (χ2n) is 10.7. The highest BCUT2D eigenvalue weighted by atomic mass is 16.5. The summed E-state index contributed by atoms with van der Waals surface area (Å²) in [4.78, 5) is 46.9. The van der Waals surface area contributed by atoms with E-state index in [1.807, 2.05) is 51.0 Å². The molecular formula is C30H35N3O5. The number of Topliss-reactive ketones (excluding diaryl/α,β-unsaturated/α-hetero) is 1. The highest BCUT2D eigenvalue weighted by molar-refractivity contribution is 6.50. The van der Waals surface area contributed by atoms with Crippen LogP contribution in [0.5, 0.6) is 5.75 Å². The minimum Gasteiger partial charge on any atom is -0.507 e. The van der Waals surface area contributed by atoms with Crippen molar-refractivity contribution in [1.29, 1.82) is 0 Å². The number of benzene rings is 2. The number of amides is 2. The molecule has 0 saturated carbocycles. The molecule has 2 amide bonds. The van der Waals surface area contributed by atoms with E-state index in [0.717, 1.165) is 24.2 Å². The molecule has 8 heteroatoms. The number of nitrogens with zero attached hydrogens (tertiary/aromatic N) is 3. The lowest BCUT2D eigenvalue weighted by atomic mass is 9.81. The number of hydrogen-bond donors (Lipinski definition) is 1. The lowest BCUT2D eigenvalue weighted by Crippen LogP contribution is -2.52. The van der Waals surface area contributed by atoms with E-state index in [1.165, 1.54) is 4.90 Å². The van der Waals surface area contributed by atoms with E-state index in [-0.39, 0.29) is 29.9 Å². The number of aliphatic hydroxyl groups is 1. The number of ether oxygens (including phenoxy) is 1. The Kier molecular flexibility index (Phi) is 6.77. The quantitative estimate of drug-likeness (QED) is 0.326. The second-order valence-corrected chi connectivity index (χ2v) is 10.7. The molecule has 1 fully saturated rings. The first-order valence-corrected chi connectivity index (χ1v) is 13.4. The molecule has 2 aromatic carbocycles. The number of fused-ring (bicyclic) bond motifs is 3. The van der Waals surface area contributed by atoms with Gasteiger partial charge < -0.3 is 24.5 Å². The number of hydrogen-bond acceptors (Lipinski definition) is 6. The second kappa shape index (κ2) is 9.91. The molecule has 0 aromatic heterocycles. The van der Waals surface area contributed by atoms with Crippen molar-refractivity contribution < 1.29 is 24.2 Å². The van der Waals surface area contributed by atoms with Gasteiger partial charge in [0.25, 0.3) is 17.6 Å². The molecule has 8 nitrogen and oxygen atoms in total. The molecule has 38 heavy (non-hydrogen) atoms. The summed E-state index contributed by atoms with van der Waals surface area (Å²) in [6.07, 6.45) is 2.91. The molecule has 3 heterocycles. The molecule has 3 aliphatic heterocycles. The summed E-state index contributed by atoms with van der Waals surface area (Å²) in [7, 11) is 3.87. The maximum atomic E-state index is 14.5. The Labute approximate surface area is 223 Å². The summed E-state index contributed by atoms with van der Waals surface area (Å²) in [5.74, 6) is -1.56. The maximum Gasteiger partial charge on any atom is 0.296 e. The van der Waals surface area contributed by atoms with Gasteiger partial charge in [-0.2, -0.15) is 0 Å². The summed E-state index contributed by atoms with van der Waals surface area (Å²) in [6.45, 7) is 5.36. The van der Waals surface area contributed by atoms with Crippen LogP contribution in [0, 0.1) is 0 Å². The average molecular weight is 518 g/mol. The molecule has 5 rings (SSSR count). The number of ketones is 1. The van der Waals surface area contributed by atoms with Crippen LogP contribution in [0.4, 0.5) is 5.69 Å². The lowest BCUT2D eigenvalue weighted by molar-refractivity contribution is -0.143. The third-order valence-corrected chi connectivity index (χ3v) is 7.70. The Morgan fingerprint density at radius 3 is 2.61 bits per heavy atom. The van der Waals surface area contributed by atoms with Gasteiger partial charge in [0, 0.05) is 30.6 Å². The van der Waals surface area contributed by atoms with Crippen LogP contribution in [-0.2, 0) is 26.3 Å². The first kappa shape index (κ1) is 26.0. The van der Waals surface area contributed by atoms with Crippen molar-refractivity contribution in [3.63, 3.8) is 0 Å². The monoisotopic (exact) mass is 517 g/mol. The molecule has 1 saturated heterocycles. The van der Waals surface area contributed by atoms with E-state index in [2.05, 4.69) is 0 Å². The molecule has 3 aliphatic rings. The van der Waals surface area contributed by atoms with Gasteiger partial charge in [-0.05, 0) is 70.2 Å². The summed E-state index contributed by atoms with van der Waals surface area (Å²) in [6, 6.07) is 12.6. The van der Waals surface area contributed by atoms with Crippen LogP contribution < -0.4 is 9.64 Å². The van der Waals surface area contributed by atoms with Crippen molar-refractivity contribution in [3.05, 3.63) is 64.7 Å². The molecule has 200 valence electrons. The van der Waals surface area contributed by atoms with Gasteiger partial charge in [-0.15, -0.1) is 0 Å². The SMILES string of the molecule is CCCCN1C(=O)C2(C(=C(O)c3ccc4c(c3)CC(C)O4)C(=O)C(=O)N2CCCN(C)C)c2ccccc21. The Morgan fingerprint density at radius 1 is 1.11 bits per heavy atom. The van der Waals surface area contributed by atoms with Crippen molar-refractivity contribution in [2.24, 2.45) is 0 Å². The van der Waals surface area contributed by atoms with Gasteiger partial charge in [-0.1, -0.05) is 31.5 Å². The van der Waals surface area contributed by atoms with Gasteiger partial charge in [0.15, 0.2) is 5.54 Å². The van der Waals surface area contributed by atoms with E-state index in [4.69, 9.17) is 4.74 Å². The van der Waals surface area contributed by atoms with Crippen LogP contribution in [0.2, 0.25) is 0 Å². The number of unbranched alkanes of at least 4 members (excludes halogenated alkanes) is 1. The highest BCUT2D eigenvalue weighted by Crippen LogP contribution is 2.53. The van der Waals surface area contributed by atoms with Crippen LogP contribution >= 0.6 is 0 Å². The first-order valence-electron chi connectivity index (χ1n) is 13.4. The number of aliphatic hydroxyl groups excluding tert-OH is 1. The molecule has 1 spiro atoms. The fourth-order valence-corrected chi connectivity index (χ4v) is 5.96. The molecular weight excluding hydrogens is 482 g/mol. The summed E-state index contributed by atoms with van der Waals surface area (Å²) in [5, 5.41) is 11.7. The molecule has 0 radical (unpaired) electrons. The molecule has 0 bridgehead atoms. The lowest BCUT2D eigenvalue weighted by Gasteiger charge is -2.35. The van der Waals surface area contributed by atoms with Crippen LogP contribution in [0.1, 0.15) is 49.8 Å². The van der Waals surface area contributed by atoms with Crippen LogP contribution in [0.25, 0.3) is 5.76 Å². The molecule has 0 aliphatic carbocycles. The van der Waals surface area contributed by atoms with Gasteiger partial charge in [-0.25, -0.2) is 0 Å². The number of carbonyl (C=O) groups is 3. The standard InChI is InChI=1S/C30H35N3O5/c1-5-6-15-32-23-11-8-7-10-22(23)30(29(32)37)25(27(35)28(36)33(30)16-9-14-31(3)4)26(34)20-12-13-24-21(18-20)17-19(2)38-24/h7-8,10-13,18-19,34H,5-6,9,14-17H2,1-4H3. The molecule has 2 unspecified atom stereocenters. The summed E-state index contributed by atoms with van der Waals surface area (Å²) < 4.78 is 5.80. The zero-order chi connectivity index (χ0) is 27.2. The van der Waals surface area contributed by atoms with E-state index in [9.17, 15) is 19.5 Å². The predicted molar refractivity (Wildman–Crippen MR) is 145 cm³/mol. The molecule has 1 N–H and O–H groups in total. The topological polar surface area (TPSA) is 90.4 Å². The Balaban J connectivity index is 1.72. The van der Waals surface area contributed by atoms with Gasteiger partial charge >= 0.3 is 0 Å². The normalized spacial score (nSPS) is 23.5. The fraction of sp³-hybridized carbons (Fsp3) is 0.433. The first-order chi connectivity index (χ1) is 18.2. The molecule has 2 aromatic rings. The van der Waals surface area contributed by atoms with Crippen LogP contribution in [0.3, 0.4) is 0 Å². The van der Waals surface area contributed by atoms with Gasteiger partial charge in [0.05, 0.1) is 11.3 Å². The van der Waals surface area contributed by atoms with Crippen molar-refractivity contribution in [3.8, 4) is 5.75 Å². The van der Waals surface area contributed by atoms with Gasteiger partial charge in [0.1, 0.15) is 17.6 Å². The number of likely N-dealkylation sites (tertiary alicyclic amines) is 1. The smallest absolute Gasteiger partial charge is 0.296 e. The fourth-order valence-electron chi connectivity index (χ4n) is 5.96. The van der Waals surface area contributed by atoms with E-state index in [0.29, 0.717) is 42.7 Å². The third-order valence-electron chi connectivity index (χ3n) is 7.70. The van der Waals surface area contributed by atoms with Crippen molar-refractivity contribution in [2.45, 2.75) is 51.2 Å². The number of para-hydroxylation sites is 1. The Morgan fingerprint density at radius 2 is 1.87 bits per heavy atom. The van der Waals surface area contributed by atoms with Crippen molar-refractivity contribution >= 4 is 29.0 Å². The minimum absolute atomic E-state index is 0.0127. The number of rotatable bonds is 8.